The molecule has 124 valence electrons. The Kier molecular flexibility index (Phi) is 4.46. The van der Waals surface area contributed by atoms with Gasteiger partial charge in [-0.25, -0.2) is 0 Å². The summed E-state index contributed by atoms with van der Waals surface area (Å²) in [4.78, 5) is 5.00. The van der Waals surface area contributed by atoms with Crippen LogP contribution in [0.2, 0.25) is 0 Å². The highest BCUT2D eigenvalue weighted by Gasteiger charge is 2.21. The van der Waals surface area contributed by atoms with Gasteiger partial charge in [-0.05, 0) is 50.7 Å². The zero-order valence-corrected chi connectivity index (χ0v) is 14.4. The van der Waals surface area contributed by atoms with Crippen molar-refractivity contribution in [3.8, 4) is 10.8 Å². The van der Waals surface area contributed by atoms with Gasteiger partial charge in [-0.15, -0.1) is 21.5 Å². The predicted octanol–water partition coefficient (Wildman–Crippen LogP) is 3.29. The average molecular weight is 333 g/mol. The van der Waals surface area contributed by atoms with Crippen molar-refractivity contribution in [1.82, 2.24) is 15.1 Å². The minimum absolute atomic E-state index is 0.488. The summed E-state index contributed by atoms with van der Waals surface area (Å²) in [5, 5.41) is 8.55. The molecule has 1 aliphatic carbocycles. The molecule has 1 aliphatic heterocycles. The second-order valence-corrected chi connectivity index (χ2v) is 7.62. The topological polar surface area (TPSA) is 51.4 Å². The van der Waals surface area contributed by atoms with Crippen molar-refractivity contribution in [3.63, 3.8) is 0 Å². The molecule has 1 fully saturated rings. The minimum atomic E-state index is 0.488. The fourth-order valence-corrected chi connectivity index (χ4v) is 4.54. The molecule has 3 heterocycles. The maximum absolute atomic E-state index is 5.95. The number of aryl methyl sites for hydroxylation is 2. The number of hydrogen-bond donors (Lipinski definition) is 0. The first kappa shape index (κ1) is 15.3. The number of aromatic nitrogens is 2. The maximum Gasteiger partial charge on any atom is 0.257 e. The highest BCUT2D eigenvalue weighted by molar-refractivity contribution is 7.15. The van der Waals surface area contributed by atoms with E-state index in [-0.39, 0.29) is 0 Å². The van der Waals surface area contributed by atoms with Gasteiger partial charge in [-0.1, -0.05) is 0 Å². The van der Waals surface area contributed by atoms with Gasteiger partial charge >= 0.3 is 0 Å². The van der Waals surface area contributed by atoms with E-state index >= 15 is 0 Å². The van der Waals surface area contributed by atoms with E-state index in [9.17, 15) is 0 Å². The zero-order valence-electron chi connectivity index (χ0n) is 13.6. The molecule has 1 unspecified atom stereocenters. The molecule has 0 N–H and O–H groups in total. The highest BCUT2D eigenvalue weighted by Crippen LogP contribution is 2.35. The number of ether oxygens (including phenoxy) is 1. The minimum Gasteiger partial charge on any atom is -0.419 e. The summed E-state index contributed by atoms with van der Waals surface area (Å²) in [6, 6.07) is 2.74. The molecule has 0 bridgehead atoms. The molecule has 23 heavy (non-hydrogen) atoms. The smallest absolute Gasteiger partial charge is 0.257 e. The molecular weight excluding hydrogens is 310 g/mol. The van der Waals surface area contributed by atoms with Crippen molar-refractivity contribution < 1.29 is 9.15 Å². The van der Waals surface area contributed by atoms with Gasteiger partial charge < -0.3 is 9.15 Å². The van der Waals surface area contributed by atoms with Crippen LogP contribution in [-0.2, 0) is 24.1 Å². The standard InChI is InChI=1S/C17H23N3O2S/c1-12-6-8-21-9-7-20(12)11-16-18-19-17(22-16)15-10-13-4-2-3-5-14(13)23-15/h10,12H,2-9,11H2,1H3. The van der Waals surface area contributed by atoms with Gasteiger partial charge in [0.2, 0.25) is 5.89 Å². The summed E-state index contributed by atoms with van der Waals surface area (Å²) < 4.78 is 11.5. The van der Waals surface area contributed by atoms with E-state index in [2.05, 4.69) is 28.1 Å². The molecule has 0 amide bonds. The summed E-state index contributed by atoms with van der Waals surface area (Å²) >= 11 is 1.82. The number of fused-ring (bicyclic) bond motifs is 1. The summed E-state index contributed by atoms with van der Waals surface area (Å²) in [6.45, 7) is 5.49. The van der Waals surface area contributed by atoms with Crippen LogP contribution in [-0.4, -0.2) is 40.9 Å². The van der Waals surface area contributed by atoms with Gasteiger partial charge in [0.05, 0.1) is 18.0 Å². The zero-order chi connectivity index (χ0) is 15.6. The molecule has 0 aromatic carbocycles. The Morgan fingerprint density at radius 3 is 3.09 bits per heavy atom. The average Bonchev–Trinajstić information content (AvgIpc) is 3.14. The third kappa shape index (κ3) is 3.34. The first-order chi connectivity index (χ1) is 11.3. The highest BCUT2D eigenvalue weighted by atomic mass is 32.1. The summed E-state index contributed by atoms with van der Waals surface area (Å²) in [5.74, 6) is 1.39. The van der Waals surface area contributed by atoms with Crippen LogP contribution >= 0.6 is 11.3 Å². The Morgan fingerprint density at radius 1 is 1.26 bits per heavy atom. The lowest BCUT2D eigenvalue weighted by molar-refractivity contribution is 0.136. The van der Waals surface area contributed by atoms with Crippen molar-refractivity contribution in [2.75, 3.05) is 19.8 Å². The molecule has 0 radical (unpaired) electrons. The van der Waals surface area contributed by atoms with Crippen molar-refractivity contribution in [2.24, 2.45) is 0 Å². The van der Waals surface area contributed by atoms with Crippen molar-refractivity contribution in [3.05, 3.63) is 22.4 Å². The van der Waals surface area contributed by atoms with Crippen LogP contribution in [0.25, 0.3) is 10.8 Å². The van der Waals surface area contributed by atoms with E-state index in [0.29, 0.717) is 24.4 Å². The molecule has 6 heteroatoms. The van der Waals surface area contributed by atoms with E-state index in [4.69, 9.17) is 9.15 Å². The Hall–Kier alpha value is -1.24. The van der Waals surface area contributed by atoms with Crippen LogP contribution in [0.15, 0.2) is 10.5 Å². The lowest BCUT2D eigenvalue weighted by Gasteiger charge is -2.23. The van der Waals surface area contributed by atoms with Gasteiger partial charge in [0.25, 0.3) is 5.89 Å². The molecule has 2 aromatic rings. The molecule has 2 aliphatic rings. The summed E-state index contributed by atoms with van der Waals surface area (Å²) in [7, 11) is 0. The molecule has 1 saturated heterocycles. The van der Waals surface area contributed by atoms with E-state index in [0.717, 1.165) is 31.1 Å². The maximum atomic E-state index is 5.95. The third-order valence-electron chi connectivity index (χ3n) is 4.84. The van der Waals surface area contributed by atoms with Crippen LogP contribution in [0, 0.1) is 0 Å². The second kappa shape index (κ2) is 6.71. The molecule has 5 nitrogen and oxygen atoms in total. The number of thiophene rings is 1. The van der Waals surface area contributed by atoms with Crippen molar-refractivity contribution in [2.45, 2.75) is 51.6 Å². The Bertz CT molecular complexity index is 643. The predicted molar refractivity (Wildman–Crippen MR) is 89.6 cm³/mol. The van der Waals surface area contributed by atoms with Gasteiger partial charge in [0, 0.05) is 24.1 Å². The Morgan fingerprint density at radius 2 is 2.17 bits per heavy atom. The monoisotopic (exact) mass is 333 g/mol. The molecule has 1 atom stereocenters. The molecular formula is C17H23N3O2S. The Labute approximate surface area is 140 Å². The second-order valence-electron chi connectivity index (χ2n) is 6.49. The number of nitrogens with zero attached hydrogens (tertiary/aromatic N) is 3. The quantitative estimate of drug-likeness (QED) is 0.863. The van der Waals surface area contributed by atoms with Crippen LogP contribution in [0.4, 0.5) is 0 Å². The SMILES string of the molecule is CC1CCOCCN1Cc1nnc(-c2cc3c(s2)CCCC3)o1. The number of rotatable bonds is 3. The number of hydrogen-bond acceptors (Lipinski definition) is 6. The van der Waals surface area contributed by atoms with Crippen LogP contribution in [0.5, 0.6) is 0 Å². The van der Waals surface area contributed by atoms with Crippen LogP contribution in [0.1, 0.15) is 42.5 Å². The molecule has 4 rings (SSSR count). The lowest BCUT2D eigenvalue weighted by Crippen LogP contribution is -2.33. The van der Waals surface area contributed by atoms with Crippen LogP contribution in [0.3, 0.4) is 0 Å². The third-order valence-corrected chi connectivity index (χ3v) is 6.06. The normalized spacial score (nSPS) is 22.7. The van der Waals surface area contributed by atoms with E-state index in [1.165, 1.54) is 36.1 Å². The van der Waals surface area contributed by atoms with Gasteiger partial charge in [0.15, 0.2) is 0 Å². The van der Waals surface area contributed by atoms with E-state index < -0.39 is 0 Å². The van der Waals surface area contributed by atoms with Gasteiger partial charge in [-0.3, -0.25) is 4.90 Å². The summed E-state index contributed by atoms with van der Waals surface area (Å²) in [5.41, 5.74) is 1.48. The Balaban J connectivity index is 1.49. The van der Waals surface area contributed by atoms with Crippen molar-refractivity contribution in [1.29, 1.82) is 0 Å². The first-order valence-electron chi connectivity index (χ1n) is 8.56. The van der Waals surface area contributed by atoms with E-state index in [1.807, 2.05) is 11.3 Å². The van der Waals surface area contributed by atoms with Crippen molar-refractivity contribution >= 4 is 11.3 Å². The van der Waals surface area contributed by atoms with E-state index in [1.54, 1.807) is 0 Å². The largest absolute Gasteiger partial charge is 0.419 e. The van der Waals surface area contributed by atoms with Gasteiger partial charge in [0.1, 0.15) is 0 Å². The van der Waals surface area contributed by atoms with Crippen LogP contribution < -0.4 is 0 Å². The molecule has 0 spiro atoms. The molecule has 0 saturated carbocycles. The fraction of sp³-hybridized carbons (Fsp3) is 0.647. The van der Waals surface area contributed by atoms with Gasteiger partial charge in [-0.2, -0.15) is 0 Å². The lowest BCUT2D eigenvalue weighted by atomic mass is 9.99. The fourth-order valence-electron chi connectivity index (χ4n) is 3.36. The molecule has 2 aromatic heterocycles. The summed E-state index contributed by atoms with van der Waals surface area (Å²) in [6.07, 6.45) is 6.05. The first-order valence-corrected chi connectivity index (χ1v) is 9.37.